The molecule has 152 valence electrons. The van der Waals surface area contributed by atoms with Gasteiger partial charge in [-0.25, -0.2) is 0 Å². The summed E-state index contributed by atoms with van der Waals surface area (Å²) >= 11 is 0. The number of H-pyrrole nitrogens is 1. The number of aryl methyl sites for hydroxylation is 2. The summed E-state index contributed by atoms with van der Waals surface area (Å²) in [4.78, 5) is 30.6. The third-order valence-corrected chi connectivity index (χ3v) is 5.49. The molecule has 3 rings (SSSR count). The molecule has 1 unspecified atom stereocenters. The number of amides is 1. The van der Waals surface area contributed by atoms with E-state index < -0.39 is 0 Å². The van der Waals surface area contributed by atoms with Crippen molar-refractivity contribution in [3.8, 4) is 0 Å². The molecule has 0 aliphatic carbocycles. The second-order valence-corrected chi connectivity index (χ2v) is 7.20. The molecule has 1 aliphatic rings. The molecule has 2 aromatic rings. The Balaban J connectivity index is 0.00000280. The van der Waals surface area contributed by atoms with Gasteiger partial charge in [-0.2, -0.15) is 0 Å². The van der Waals surface area contributed by atoms with Crippen LogP contribution < -0.4 is 5.32 Å². The molecule has 1 amide bonds. The Morgan fingerprint density at radius 2 is 1.82 bits per heavy atom. The minimum Gasteiger partial charge on any atom is -0.354 e. The number of aromatic nitrogens is 1. The van der Waals surface area contributed by atoms with Crippen LogP contribution in [0.15, 0.2) is 24.3 Å². The molecule has 1 atom stereocenters. The Labute approximate surface area is 173 Å². The molecule has 0 radical (unpaired) electrons. The van der Waals surface area contributed by atoms with Crippen LogP contribution in [0.4, 0.5) is 0 Å². The number of Topliss-reactive ketones (excluding diaryl/α,β-unsaturated/α-hetero) is 1. The van der Waals surface area contributed by atoms with E-state index in [1.54, 1.807) is 6.92 Å². The van der Waals surface area contributed by atoms with Gasteiger partial charge >= 0.3 is 0 Å². The molecule has 1 saturated heterocycles. The number of piperazine rings is 1. The van der Waals surface area contributed by atoms with Gasteiger partial charge < -0.3 is 15.2 Å². The van der Waals surface area contributed by atoms with Gasteiger partial charge in [0.05, 0.1) is 6.04 Å². The fourth-order valence-electron chi connectivity index (χ4n) is 4.05. The van der Waals surface area contributed by atoms with E-state index in [0.717, 1.165) is 36.3 Å². The van der Waals surface area contributed by atoms with E-state index in [9.17, 15) is 9.59 Å². The largest absolute Gasteiger partial charge is 0.354 e. The first-order chi connectivity index (χ1) is 13.0. The highest BCUT2D eigenvalue weighted by Gasteiger charge is 2.32. The number of hydrogen-bond acceptors (Lipinski definition) is 3. The third kappa shape index (κ3) is 4.15. The lowest BCUT2D eigenvalue weighted by Crippen LogP contribution is -2.49. The van der Waals surface area contributed by atoms with Crippen LogP contribution in [-0.4, -0.2) is 41.2 Å². The van der Waals surface area contributed by atoms with Crippen LogP contribution in [-0.2, 0) is 12.8 Å². The van der Waals surface area contributed by atoms with Crippen molar-refractivity contribution >= 4 is 24.1 Å². The van der Waals surface area contributed by atoms with Crippen LogP contribution in [0.5, 0.6) is 0 Å². The number of aromatic amines is 1. The molecule has 1 aromatic carbocycles. The summed E-state index contributed by atoms with van der Waals surface area (Å²) < 4.78 is 0. The van der Waals surface area contributed by atoms with Crippen molar-refractivity contribution in [2.45, 2.75) is 46.6 Å². The predicted octanol–water partition coefficient (Wildman–Crippen LogP) is 3.86. The zero-order valence-electron chi connectivity index (χ0n) is 17.1. The number of halogens is 1. The Kier molecular flexibility index (Phi) is 7.44. The summed E-state index contributed by atoms with van der Waals surface area (Å²) in [7, 11) is 0. The van der Waals surface area contributed by atoms with Crippen molar-refractivity contribution in [3.05, 3.63) is 57.9 Å². The SMILES string of the molecule is CCc1ccc(C2CNCCN2C(=O)c2[nH]c(C)c(C(C)=O)c2CC)cc1.Cl. The van der Waals surface area contributed by atoms with Crippen molar-refractivity contribution < 1.29 is 9.59 Å². The second kappa shape index (κ2) is 9.39. The number of hydrogen-bond donors (Lipinski definition) is 2. The van der Waals surface area contributed by atoms with Gasteiger partial charge in [0.15, 0.2) is 5.78 Å². The van der Waals surface area contributed by atoms with Crippen LogP contribution >= 0.6 is 12.4 Å². The zero-order chi connectivity index (χ0) is 19.6. The van der Waals surface area contributed by atoms with E-state index in [4.69, 9.17) is 0 Å². The third-order valence-electron chi connectivity index (χ3n) is 5.49. The number of carbonyl (C=O) groups is 2. The van der Waals surface area contributed by atoms with Gasteiger partial charge in [0, 0.05) is 30.9 Å². The molecule has 0 spiro atoms. The van der Waals surface area contributed by atoms with Gasteiger partial charge in [-0.05, 0) is 43.4 Å². The average Bonchev–Trinajstić information content (AvgIpc) is 3.04. The van der Waals surface area contributed by atoms with Gasteiger partial charge in [0.25, 0.3) is 5.91 Å². The number of ketones is 1. The minimum atomic E-state index is -0.0199. The molecule has 28 heavy (non-hydrogen) atoms. The Morgan fingerprint density at radius 1 is 1.14 bits per heavy atom. The first-order valence-corrected chi connectivity index (χ1v) is 9.80. The first kappa shape index (κ1) is 22.2. The summed E-state index contributed by atoms with van der Waals surface area (Å²) in [5.74, 6) is -0.0137. The van der Waals surface area contributed by atoms with Crippen molar-refractivity contribution in [1.82, 2.24) is 15.2 Å². The molecule has 2 N–H and O–H groups in total. The van der Waals surface area contributed by atoms with E-state index in [0.29, 0.717) is 24.2 Å². The quantitative estimate of drug-likeness (QED) is 0.745. The highest BCUT2D eigenvalue weighted by Crippen LogP contribution is 2.28. The molecule has 1 aliphatic heterocycles. The molecule has 0 bridgehead atoms. The van der Waals surface area contributed by atoms with Crippen LogP contribution in [0, 0.1) is 6.92 Å². The van der Waals surface area contributed by atoms with E-state index in [1.807, 2.05) is 18.7 Å². The monoisotopic (exact) mass is 403 g/mol. The van der Waals surface area contributed by atoms with Crippen molar-refractivity contribution in [2.75, 3.05) is 19.6 Å². The Hall–Kier alpha value is -2.11. The van der Waals surface area contributed by atoms with Gasteiger partial charge in [-0.1, -0.05) is 38.1 Å². The molecule has 2 heterocycles. The zero-order valence-corrected chi connectivity index (χ0v) is 17.9. The lowest BCUT2D eigenvalue weighted by atomic mass is 9.99. The van der Waals surface area contributed by atoms with E-state index in [-0.39, 0.29) is 30.1 Å². The maximum Gasteiger partial charge on any atom is 0.271 e. The Bertz CT molecular complexity index is 842. The maximum atomic E-state index is 13.4. The maximum absolute atomic E-state index is 13.4. The first-order valence-electron chi connectivity index (χ1n) is 9.80. The second-order valence-electron chi connectivity index (χ2n) is 7.20. The predicted molar refractivity (Wildman–Crippen MR) is 115 cm³/mol. The summed E-state index contributed by atoms with van der Waals surface area (Å²) in [5.41, 5.74) is 5.28. The van der Waals surface area contributed by atoms with Crippen LogP contribution in [0.3, 0.4) is 0 Å². The van der Waals surface area contributed by atoms with Crippen LogP contribution in [0.1, 0.15) is 70.0 Å². The number of benzene rings is 1. The van der Waals surface area contributed by atoms with Crippen molar-refractivity contribution in [3.63, 3.8) is 0 Å². The topological polar surface area (TPSA) is 65.2 Å². The molecular weight excluding hydrogens is 374 g/mol. The normalized spacial score (nSPS) is 16.6. The van der Waals surface area contributed by atoms with Crippen LogP contribution in [0.2, 0.25) is 0 Å². The number of rotatable bonds is 5. The molecule has 5 nitrogen and oxygen atoms in total. The average molecular weight is 404 g/mol. The summed E-state index contributed by atoms with van der Waals surface area (Å²) in [6.07, 6.45) is 1.66. The molecule has 1 fully saturated rings. The fourth-order valence-corrected chi connectivity index (χ4v) is 4.05. The van der Waals surface area contributed by atoms with Gasteiger partial charge in [-0.3, -0.25) is 9.59 Å². The lowest BCUT2D eigenvalue weighted by molar-refractivity contribution is 0.0627. The standard InChI is InChI=1S/C22H29N3O2.ClH/c1-5-16-7-9-17(10-8-16)19-13-23-11-12-25(19)22(27)21-18(6-2)20(15(4)26)14(3)24-21;/h7-10,19,23-24H,5-6,11-13H2,1-4H3;1H. The molecule has 1 aromatic heterocycles. The molecule has 6 heteroatoms. The molecular formula is C22H30ClN3O2. The van der Waals surface area contributed by atoms with E-state index in [2.05, 4.69) is 41.5 Å². The van der Waals surface area contributed by atoms with Gasteiger partial charge in [0.2, 0.25) is 0 Å². The lowest BCUT2D eigenvalue weighted by Gasteiger charge is -2.36. The Morgan fingerprint density at radius 3 is 2.39 bits per heavy atom. The number of nitrogens with one attached hydrogen (secondary N) is 2. The number of carbonyl (C=O) groups excluding carboxylic acids is 2. The fraction of sp³-hybridized carbons (Fsp3) is 0.455. The van der Waals surface area contributed by atoms with Crippen molar-refractivity contribution in [1.29, 1.82) is 0 Å². The van der Waals surface area contributed by atoms with Gasteiger partial charge in [-0.15, -0.1) is 12.4 Å². The van der Waals surface area contributed by atoms with E-state index >= 15 is 0 Å². The summed E-state index contributed by atoms with van der Waals surface area (Å²) in [6.45, 7) is 9.71. The summed E-state index contributed by atoms with van der Waals surface area (Å²) in [5, 5.41) is 3.40. The smallest absolute Gasteiger partial charge is 0.271 e. The highest BCUT2D eigenvalue weighted by molar-refractivity contribution is 6.02. The van der Waals surface area contributed by atoms with Crippen LogP contribution in [0.25, 0.3) is 0 Å². The molecule has 0 saturated carbocycles. The van der Waals surface area contributed by atoms with Gasteiger partial charge in [0.1, 0.15) is 5.69 Å². The van der Waals surface area contributed by atoms with Crippen molar-refractivity contribution in [2.24, 2.45) is 0 Å². The summed E-state index contributed by atoms with van der Waals surface area (Å²) in [6, 6.07) is 8.51. The number of nitrogens with zero attached hydrogens (tertiary/aromatic N) is 1. The minimum absolute atomic E-state index is 0. The highest BCUT2D eigenvalue weighted by atomic mass is 35.5. The van der Waals surface area contributed by atoms with E-state index in [1.165, 1.54) is 5.56 Å².